The van der Waals surface area contributed by atoms with Gasteiger partial charge in [0.15, 0.2) is 0 Å². The van der Waals surface area contributed by atoms with Crippen LogP contribution >= 0.6 is 11.3 Å². The van der Waals surface area contributed by atoms with Gasteiger partial charge in [0.25, 0.3) is 0 Å². The van der Waals surface area contributed by atoms with Crippen molar-refractivity contribution in [3.8, 4) is 27.6 Å². The fourth-order valence-corrected chi connectivity index (χ4v) is 3.07. The fourth-order valence-electron chi connectivity index (χ4n) is 2.23. The van der Waals surface area contributed by atoms with E-state index in [0.717, 1.165) is 27.6 Å². The monoisotopic (exact) mass is 310 g/mol. The molecule has 3 nitrogen and oxygen atoms in total. The SMILES string of the molecule is CCOc1ccc(-c2csc(-c3ccc(C)cc3)n2)cc1N. The Morgan fingerprint density at radius 3 is 2.50 bits per heavy atom. The predicted molar refractivity (Wildman–Crippen MR) is 93.3 cm³/mol. The molecule has 1 aromatic heterocycles. The van der Waals surface area contributed by atoms with E-state index in [4.69, 9.17) is 15.5 Å². The van der Waals surface area contributed by atoms with Gasteiger partial charge in [-0.3, -0.25) is 0 Å². The van der Waals surface area contributed by atoms with E-state index >= 15 is 0 Å². The Hall–Kier alpha value is -2.33. The van der Waals surface area contributed by atoms with Crippen LogP contribution in [0, 0.1) is 6.92 Å². The molecule has 0 aliphatic heterocycles. The first kappa shape index (κ1) is 14.6. The second-order valence-electron chi connectivity index (χ2n) is 5.09. The third kappa shape index (κ3) is 2.97. The van der Waals surface area contributed by atoms with Gasteiger partial charge in [0.1, 0.15) is 10.8 Å². The molecule has 0 radical (unpaired) electrons. The number of aryl methyl sites for hydroxylation is 1. The van der Waals surface area contributed by atoms with E-state index in [1.54, 1.807) is 11.3 Å². The van der Waals surface area contributed by atoms with Gasteiger partial charge in [-0.1, -0.05) is 29.8 Å². The van der Waals surface area contributed by atoms with Crippen LogP contribution < -0.4 is 10.5 Å². The predicted octanol–water partition coefficient (Wildman–Crippen LogP) is 4.77. The number of thiazole rings is 1. The Kier molecular flexibility index (Phi) is 4.11. The molecular weight excluding hydrogens is 292 g/mol. The second-order valence-corrected chi connectivity index (χ2v) is 5.95. The van der Waals surface area contributed by atoms with Crippen LogP contribution in [0.1, 0.15) is 12.5 Å². The number of aromatic nitrogens is 1. The third-order valence-corrected chi connectivity index (χ3v) is 4.30. The summed E-state index contributed by atoms with van der Waals surface area (Å²) < 4.78 is 5.47. The standard InChI is InChI=1S/C18H18N2OS/c1-3-21-17-9-8-14(10-15(17)19)16-11-22-18(20-16)13-6-4-12(2)5-7-13/h4-11H,3,19H2,1-2H3. The number of nitrogen functional groups attached to an aromatic ring is 1. The van der Waals surface area contributed by atoms with E-state index in [1.807, 2.05) is 25.1 Å². The summed E-state index contributed by atoms with van der Waals surface area (Å²) >= 11 is 1.64. The second kappa shape index (κ2) is 6.20. The quantitative estimate of drug-likeness (QED) is 0.706. The number of anilines is 1. The number of rotatable bonds is 4. The molecule has 0 atom stereocenters. The molecule has 0 saturated heterocycles. The maximum atomic E-state index is 6.03. The maximum Gasteiger partial charge on any atom is 0.142 e. The first-order chi connectivity index (χ1) is 10.7. The van der Waals surface area contributed by atoms with Crippen molar-refractivity contribution in [2.75, 3.05) is 12.3 Å². The summed E-state index contributed by atoms with van der Waals surface area (Å²) in [4.78, 5) is 4.72. The number of hydrogen-bond acceptors (Lipinski definition) is 4. The summed E-state index contributed by atoms with van der Waals surface area (Å²) in [7, 11) is 0. The van der Waals surface area contributed by atoms with Crippen molar-refractivity contribution < 1.29 is 4.74 Å². The van der Waals surface area contributed by atoms with E-state index in [1.165, 1.54) is 5.56 Å². The van der Waals surface area contributed by atoms with Gasteiger partial charge >= 0.3 is 0 Å². The van der Waals surface area contributed by atoms with Crippen molar-refractivity contribution in [3.05, 3.63) is 53.4 Å². The molecule has 3 aromatic rings. The molecule has 0 bridgehead atoms. The summed E-state index contributed by atoms with van der Waals surface area (Å²) in [5, 5.41) is 3.08. The molecule has 1 heterocycles. The van der Waals surface area contributed by atoms with Gasteiger partial charge < -0.3 is 10.5 Å². The molecule has 2 N–H and O–H groups in total. The van der Waals surface area contributed by atoms with Gasteiger partial charge in [0.05, 0.1) is 18.0 Å². The Morgan fingerprint density at radius 1 is 1.09 bits per heavy atom. The highest BCUT2D eigenvalue weighted by Gasteiger charge is 2.09. The number of hydrogen-bond donors (Lipinski definition) is 1. The van der Waals surface area contributed by atoms with Crippen molar-refractivity contribution in [1.82, 2.24) is 4.98 Å². The highest BCUT2D eigenvalue weighted by atomic mass is 32.1. The Balaban J connectivity index is 1.90. The summed E-state index contributed by atoms with van der Waals surface area (Å²) in [6, 6.07) is 14.2. The topological polar surface area (TPSA) is 48.1 Å². The highest BCUT2D eigenvalue weighted by Crippen LogP contribution is 2.32. The number of nitrogens with two attached hydrogens (primary N) is 1. The van der Waals surface area contributed by atoms with Gasteiger partial charge in [-0.05, 0) is 32.0 Å². The molecule has 3 rings (SSSR count). The zero-order valence-corrected chi connectivity index (χ0v) is 13.5. The van der Waals surface area contributed by atoms with E-state index in [9.17, 15) is 0 Å². The average Bonchev–Trinajstić information content (AvgIpc) is 3.00. The number of benzene rings is 2. The van der Waals surface area contributed by atoms with Gasteiger partial charge in [-0.2, -0.15) is 0 Å². The van der Waals surface area contributed by atoms with E-state index in [-0.39, 0.29) is 0 Å². The summed E-state index contributed by atoms with van der Waals surface area (Å²) in [6.45, 7) is 4.64. The average molecular weight is 310 g/mol. The van der Waals surface area contributed by atoms with Gasteiger partial charge in [0.2, 0.25) is 0 Å². The fraction of sp³-hybridized carbons (Fsp3) is 0.167. The summed E-state index contributed by atoms with van der Waals surface area (Å²) in [6.07, 6.45) is 0. The Bertz CT molecular complexity index is 778. The molecule has 0 aliphatic rings. The van der Waals surface area contributed by atoms with Crippen LogP contribution in [0.4, 0.5) is 5.69 Å². The lowest BCUT2D eigenvalue weighted by Gasteiger charge is -2.07. The number of nitrogens with zero attached hydrogens (tertiary/aromatic N) is 1. The summed E-state index contributed by atoms with van der Waals surface area (Å²) in [5.74, 6) is 0.722. The molecule has 0 aliphatic carbocycles. The van der Waals surface area contributed by atoms with Crippen LogP contribution in [0.3, 0.4) is 0 Å². The molecule has 0 spiro atoms. The summed E-state index contributed by atoms with van der Waals surface area (Å²) in [5.41, 5.74) is 11.0. The molecule has 4 heteroatoms. The number of ether oxygens (including phenoxy) is 1. The zero-order valence-electron chi connectivity index (χ0n) is 12.7. The lowest BCUT2D eigenvalue weighted by atomic mass is 10.1. The molecule has 0 unspecified atom stereocenters. The van der Waals surface area contributed by atoms with Crippen molar-refractivity contribution in [2.45, 2.75) is 13.8 Å². The first-order valence-electron chi connectivity index (χ1n) is 7.22. The molecule has 0 saturated carbocycles. The lowest BCUT2D eigenvalue weighted by Crippen LogP contribution is -1.96. The molecule has 112 valence electrons. The minimum Gasteiger partial charge on any atom is -0.492 e. The molecule has 0 fully saturated rings. The van der Waals surface area contributed by atoms with E-state index in [2.05, 4.69) is 36.6 Å². The van der Waals surface area contributed by atoms with Crippen LogP contribution in [0.25, 0.3) is 21.8 Å². The van der Waals surface area contributed by atoms with Crippen molar-refractivity contribution >= 4 is 17.0 Å². The minimum atomic E-state index is 0.609. The van der Waals surface area contributed by atoms with E-state index in [0.29, 0.717) is 12.3 Å². The Labute approximate surface area is 134 Å². The van der Waals surface area contributed by atoms with Gasteiger partial charge in [0, 0.05) is 16.5 Å². The smallest absolute Gasteiger partial charge is 0.142 e. The zero-order chi connectivity index (χ0) is 15.5. The maximum absolute atomic E-state index is 6.03. The highest BCUT2D eigenvalue weighted by molar-refractivity contribution is 7.13. The minimum absolute atomic E-state index is 0.609. The van der Waals surface area contributed by atoms with Crippen LogP contribution in [-0.4, -0.2) is 11.6 Å². The molecule has 22 heavy (non-hydrogen) atoms. The normalized spacial score (nSPS) is 10.6. The van der Waals surface area contributed by atoms with Gasteiger partial charge in [-0.15, -0.1) is 11.3 Å². The molecule has 2 aromatic carbocycles. The van der Waals surface area contributed by atoms with Gasteiger partial charge in [-0.25, -0.2) is 4.98 Å². The van der Waals surface area contributed by atoms with Crippen LogP contribution in [0.15, 0.2) is 47.8 Å². The molecule has 0 amide bonds. The third-order valence-electron chi connectivity index (χ3n) is 3.41. The van der Waals surface area contributed by atoms with Crippen molar-refractivity contribution in [3.63, 3.8) is 0 Å². The van der Waals surface area contributed by atoms with Crippen LogP contribution in [0.5, 0.6) is 5.75 Å². The largest absolute Gasteiger partial charge is 0.492 e. The lowest BCUT2D eigenvalue weighted by molar-refractivity contribution is 0.342. The van der Waals surface area contributed by atoms with Crippen LogP contribution in [-0.2, 0) is 0 Å². The first-order valence-corrected chi connectivity index (χ1v) is 8.10. The van der Waals surface area contributed by atoms with Crippen LogP contribution in [0.2, 0.25) is 0 Å². The molecular formula is C18H18N2OS. The van der Waals surface area contributed by atoms with Crippen molar-refractivity contribution in [2.24, 2.45) is 0 Å². The van der Waals surface area contributed by atoms with E-state index < -0.39 is 0 Å². The van der Waals surface area contributed by atoms with Crippen molar-refractivity contribution in [1.29, 1.82) is 0 Å². The Morgan fingerprint density at radius 2 is 1.82 bits per heavy atom.